The fourth-order valence-corrected chi connectivity index (χ4v) is 1.18. The van der Waals surface area contributed by atoms with Gasteiger partial charge in [0.25, 0.3) is 0 Å². The highest BCUT2D eigenvalue weighted by Gasteiger charge is 2.30. The second-order valence-corrected chi connectivity index (χ2v) is 2.72. The highest BCUT2D eigenvalue weighted by molar-refractivity contribution is 5.73. The summed E-state index contributed by atoms with van der Waals surface area (Å²) in [5.74, 6) is -0.897. The van der Waals surface area contributed by atoms with Gasteiger partial charge in [-0.1, -0.05) is 6.58 Å². The molecule has 0 amide bonds. The molecule has 0 aromatic carbocycles. The Hall–Kier alpha value is -1.03. The molecule has 4 nitrogen and oxygen atoms in total. The maximum absolute atomic E-state index is 10.4. The molecule has 4 heteroatoms. The maximum Gasteiger partial charge on any atom is 0.320 e. The molecule has 1 heterocycles. The molecule has 0 radical (unpaired) electrons. The first-order chi connectivity index (χ1) is 5.11. The number of carboxylic acid groups (broad SMARTS) is 1. The summed E-state index contributed by atoms with van der Waals surface area (Å²) in [4.78, 5) is 10.4. The molecular weight excluding hydrogens is 146 g/mol. The average Bonchev–Trinajstić information content (AvgIpc) is 2.33. The zero-order valence-electron chi connectivity index (χ0n) is 6.08. The van der Waals surface area contributed by atoms with E-state index in [4.69, 9.17) is 10.2 Å². The fourth-order valence-electron chi connectivity index (χ4n) is 1.18. The van der Waals surface area contributed by atoms with E-state index in [1.54, 1.807) is 0 Å². The zero-order chi connectivity index (χ0) is 8.43. The summed E-state index contributed by atoms with van der Waals surface area (Å²) in [6.07, 6.45) is 0.435. The van der Waals surface area contributed by atoms with E-state index in [1.807, 2.05) is 0 Å². The SMILES string of the molecule is C=C(O)C1CNC(C(=O)O)C1. The van der Waals surface area contributed by atoms with Crippen molar-refractivity contribution in [2.45, 2.75) is 12.5 Å². The molecule has 3 N–H and O–H groups in total. The van der Waals surface area contributed by atoms with Gasteiger partial charge >= 0.3 is 5.97 Å². The third-order valence-corrected chi connectivity index (χ3v) is 1.90. The molecule has 0 aromatic heterocycles. The van der Waals surface area contributed by atoms with Crippen molar-refractivity contribution in [1.82, 2.24) is 5.32 Å². The van der Waals surface area contributed by atoms with Crippen LogP contribution in [0.15, 0.2) is 12.3 Å². The number of aliphatic hydroxyl groups excluding tert-OH is 1. The van der Waals surface area contributed by atoms with Crippen LogP contribution in [0.1, 0.15) is 6.42 Å². The summed E-state index contributed by atoms with van der Waals surface area (Å²) in [6, 6.07) is -0.524. The molecular formula is C7H11NO3. The molecule has 11 heavy (non-hydrogen) atoms. The molecule has 1 rings (SSSR count). The van der Waals surface area contributed by atoms with Crippen LogP contribution in [0.2, 0.25) is 0 Å². The van der Waals surface area contributed by atoms with E-state index in [0.29, 0.717) is 13.0 Å². The number of aliphatic hydroxyl groups is 1. The molecule has 0 saturated carbocycles. The van der Waals surface area contributed by atoms with Crippen LogP contribution in [0, 0.1) is 5.92 Å². The number of nitrogens with one attached hydrogen (secondary N) is 1. The molecule has 0 aliphatic carbocycles. The van der Waals surface area contributed by atoms with E-state index in [1.165, 1.54) is 0 Å². The van der Waals surface area contributed by atoms with Crippen LogP contribution in [0.25, 0.3) is 0 Å². The Kier molecular flexibility index (Phi) is 2.14. The monoisotopic (exact) mass is 157 g/mol. The van der Waals surface area contributed by atoms with Gasteiger partial charge in [-0.05, 0) is 6.42 Å². The van der Waals surface area contributed by atoms with Crippen LogP contribution in [-0.2, 0) is 4.79 Å². The molecule has 1 aliphatic heterocycles. The average molecular weight is 157 g/mol. The Labute approximate surface area is 64.5 Å². The van der Waals surface area contributed by atoms with Gasteiger partial charge in [-0.25, -0.2) is 0 Å². The lowest BCUT2D eigenvalue weighted by atomic mass is 10.0. The second-order valence-electron chi connectivity index (χ2n) is 2.72. The van der Waals surface area contributed by atoms with Crippen LogP contribution in [-0.4, -0.2) is 28.8 Å². The van der Waals surface area contributed by atoms with Crippen LogP contribution < -0.4 is 5.32 Å². The highest BCUT2D eigenvalue weighted by Crippen LogP contribution is 2.18. The number of hydrogen-bond acceptors (Lipinski definition) is 3. The lowest BCUT2D eigenvalue weighted by Crippen LogP contribution is -2.29. The van der Waals surface area contributed by atoms with Crippen molar-refractivity contribution in [2.24, 2.45) is 5.92 Å². The standard InChI is InChI=1S/C7H11NO3/c1-4(9)5-2-6(7(10)11)8-3-5/h5-6,8-9H,1-3H2,(H,10,11). The van der Waals surface area contributed by atoms with Gasteiger partial charge in [0.1, 0.15) is 6.04 Å². The zero-order valence-corrected chi connectivity index (χ0v) is 6.08. The fraction of sp³-hybridized carbons (Fsp3) is 0.571. The van der Waals surface area contributed by atoms with Crippen molar-refractivity contribution in [3.05, 3.63) is 12.3 Å². The number of rotatable bonds is 2. The Morgan fingerprint density at radius 2 is 2.18 bits per heavy atom. The predicted octanol–water partition coefficient (Wildman–Crippen LogP) is 0.121. The Bertz CT molecular complexity index is 170. The topological polar surface area (TPSA) is 69.6 Å². The Morgan fingerprint density at radius 1 is 1.55 bits per heavy atom. The normalized spacial score (nSPS) is 30.2. The minimum absolute atomic E-state index is 0.0706. The quantitative estimate of drug-likeness (QED) is 0.498. The van der Waals surface area contributed by atoms with Gasteiger partial charge < -0.3 is 15.5 Å². The smallest absolute Gasteiger partial charge is 0.320 e. The molecule has 1 aliphatic rings. The molecule has 1 fully saturated rings. The van der Waals surface area contributed by atoms with Crippen molar-refractivity contribution < 1.29 is 15.0 Å². The molecule has 0 spiro atoms. The van der Waals surface area contributed by atoms with Crippen LogP contribution in [0.4, 0.5) is 0 Å². The van der Waals surface area contributed by atoms with Crippen molar-refractivity contribution in [3.8, 4) is 0 Å². The van der Waals surface area contributed by atoms with E-state index < -0.39 is 12.0 Å². The lowest BCUT2D eigenvalue weighted by Gasteiger charge is -2.04. The van der Waals surface area contributed by atoms with Gasteiger partial charge in [0.15, 0.2) is 0 Å². The van der Waals surface area contributed by atoms with Gasteiger partial charge in [-0.2, -0.15) is 0 Å². The summed E-state index contributed by atoms with van der Waals surface area (Å²) >= 11 is 0. The third-order valence-electron chi connectivity index (χ3n) is 1.90. The van der Waals surface area contributed by atoms with Crippen molar-refractivity contribution >= 4 is 5.97 Å². The Balaban J connectivity index is 2.47. The van der Waals surface area contributed by atoms with E-state index in [-0.39, 0.29) is 11.7 Å². The molecule has 62 valence electrons. The Morgan fingerprint density at radius 3 is 2.45 bits per heavy atom. The number of aliphatic carboxylic acids is 1. The number of carboxylic acids is 1. The van der Waals surface area contributed by atoms with E-state index in [0.717, 1.165) is 0 Å². The molecule has 1 saturated heterocycles. The molecule has 2 unspecified atom stereocenters. The summed E-state index contributed by atoms with van der Waals surface area (Å²) < 4.78 is 0. The third kappa shape index (κ3) is 1.71. The summed E-state index contributed by atoms with van der Waals surface area (Å²) in [7, 11) is 0. The lowest BCUT2D eigenvalue weighted by molar-refractivity contribution is -0.139. The van der Waals surface area contributed by atoms with Crippen LogP contribution in [0.3, 0.4) is 0 Å². The minimum Gasteiger partial charge on any atom is -0.513 e. The summed E-state index contributed by atoms with van der Waals surface area (Å²) in [5.41, 5.74) is 0. The van der Waals surface area contributed by atoms with Crippen molar-refractivity contribution in [1.29, 1.82) is 0 Å². The highest BCUT2D eigenvalue weighted by atomic mass is 16.4. The van der Waals surface area contributed by atoms with Gasteiger partial charge in [-0.15, -0.1) is 0 Å². The predicted molar refractivity (Wildman–Crippen MR) is 39.3 cm³/mol. The van der Waals surface area contributed by atoms with Gasteiger partial charge in [0, 0.05) is 12.5 Å². The van der Waals surface area contributed by atoms with Crippen LogP contribution >= 0.6 is 0 Å². The van der Waals surface area contributed by atoms with E-state index >= 15 is 0 Å². The van der Waals surface area contributed by atoms with Gasteiger partial charge in [0.2, 0.25) is 0 Å². The summed E-state index contributed by atoms with van der Waals surface area (Å²) in [6.45, 7) is 3.86. The summed E-state index contributed by atoms with van der Waals surface area (Å²) in [5, 5.41) is 20.2. The van der Waals surface area contributed by atoms with Crippen molar-refractivity contribution in [2.75, 3.05) is 6.54 Å². The molecule has 0 aromatic rings. The largest absolute Gasteiger partial charge is 0.513 e. The number of carbonyl (C=O) groups is 1. The van der Waals surface area contributed by atoms with Crippen LogP contribution in [0.5, 0.6) is 0 Å². The minimum atomic E-state index is -0.867. The van der Waals surface area contributed by atoms with Gasteiger partial charge in [0.05, 0.1) is 5.76 Å². The first-order valence-electron chi connectivity index (χ1n) is 3.45. The van der Waals surface area contributed by atoms with Crippen molar-refractivity contribution in [3.63, 3.8) is 0 Å². The number of hydrogen-bond donors (Lipinski definition) is 3. The second kappa shape index (κ2) is 2.92. The van der Waals surface area contributed by atoms with E-state index in [9.17, 15) is 4.79 Å². The first kappa shape index (κ1) is 8.07. The van der Waals surface area contributed by atoms with Gasteiger partial charge in [-0.3, -0.25) is 4.79 Å². The first-order valence-corrected chi connectivity index (χ1v) is 3.45. The molecule has 2 atom stereocenters. The van der Waals surface area contributed by atoms with E-state index in [2.05, 4.69) is 11.9 Å². The maximum atomic E-state index is 10.4. The molecule has 0 bridgehead atoms.